The van der Waals surface area contributed by atoms with Gasteiger partial charge in [0.15, 0.2) is 0 Å². The lowest BCUT2D eigenvalue weighted by molar-refractivity contribution is -0.00555. The molecule has 0 radical (unpaired) electrons. The van der Waals surface area contributed by atoms with E-state index in [0.717, 1.165) is 25.1 Å². The zero-order chi connectivity index (χ0) is 11.3. The summed E-state index contributed by atoms with van der Waals surface area (Å²) in [7, 11) is 0. The largest absolute Gasteiger partial charge is 0.376 e. The summed E-state index contributed by atoms with van der Waals surface area (Å²) in [5, 5.41) is 3.59. The fraction of sp³-hybridized carbons (Fsp3) is 1.00. The molecule has 1 N–H and O–H groups in total. The minimum absolute atomic E-state index is 0.0211. The molecule has 1 saturated carbocycles. The maximum absolute atomic E-state index is 5.73. The smallest absolute Gasteiger partial charge is 0.0598 e. The van der Waals surface area contributed by atoms with Crippen molar-refractivity contribution in [3.8, 4) is 0 Å². The first kappa shape index (κ1) is 13.0. The highest BCUT2D eigenvalue weighted by Crippen LogP contribution is 2.34. The molecule has 0 aromatic heterocycles. The van der Waals surface area contributed by atoms with E-state index in [1.54, 1.807) is 0 Å². The van der Waals surface area contributed by atoms with Gasteiger partial charge in [0.05, 0.1) is 5.60 Å². The fourth-order valence-electron chi connectivity index (χ4n) is 1.95. The summed E-state index contributed by atoms with van der Waals surface area (Å²) in [6.45, 7) is 10.6. The first-order valence-electron chi connectivity index (χ1n) is 6.40. The van der Waals surface area contributed by atoms with Crippen LogP contribution in [0.25, 0.3) is 0 Å². The third-order valence-electron chi connectivity index (χ3n) is 2.85. The molecule has 1 atom stereocenters. The second-order valence-electron chi connectivity index (χ2n) is 5.60. The third-order valence-corrected chi connectivity index (χ3v) is 2.85. The Hall–Kier alpha value is -0.0800. The highest BCUT2D eigenvalue weighted by Gasteiger charge is 2.29. The number of ether oxygens (including phenoxy) is 1. The Bertz CT molecular complexity index is 170. The van der Waals surface area contributed by atoms with Gasteiger partial charge in [0.2, 0.25) is 0 Å². The SMILES string of the molecule is CCNC(CCCOC(C)(C)C)C1CC1. The van der Waals surface area contributed by atoms with Gasteiger partial charge in [-0.2, -0.15) is 0 Å². The summed E-state index contributed by atoms with van der Waals surface area (Å²) < 4.78 is 5.73. The molecule has 2 nitrogen and oxygen atoms in total. The zero-order valence-corrected chi connectivity index (χ0v) is 10.8. The van der Waals surface area contributed by atoms with Gasteiger partial charge < -0.3 is 10.1 Å². The molecular formula is C13H27NO. The van der Waals surface area contributed by atoms with Gasteiger partial charge in [0.25, 0.3) is 0 Å². The number of nitrogens with one attached hydrogen (secondary N) is 1. The standard InChI is InChI=1S/C13H27NO/c1-5-14-12(11-8-9-11)7-6-10-15-13(2,3)4/h11-12,14H,5-10H2,1-4H3. The van der Waals surface area contributed by atoms with Gasteiger partial charge in [-0.05, 0) is 58.9 Å². The van der Waals surface area contributed by atoms with E-state index >= 15 is 0 Å². The zero-order valence-electron chi connectivity index (χ0n) is 10.8. The molecule has 0 amide bonds. The Labute approximate surface area is 94.8 Å². The van der Waals surface area contributed by atoms with Crippen LogP contribution in [0.4, 0.5) is 0 Å². The first-order chi connectivity index (χ1) is 7.03. The van der Waals surface area contributed by atoms with E-state index in [4.69, 9.17) is 4.74 Å². The van der Waals surface area contributed by atoms with Crippen molar-refractivity contribution in [2.45, 2.75) is 65.0 Å². The average Bonchev–Trinajstić information content (AvgIpc) is 2.91. The predicted molar refractivity (Wildman–Crippen MR) is 65.1 cm³/mol. The predicted octanol–water partition coefficient (Wildman–Crippen LogP) is 2.97. The van der Waals surface area contributed by atoms with Gasteiger partial charge in [-0.25, -0.2) is 0 Å². The molecule has 0 heterocycles. The molecule has 15 heavy (non-hydrogen) atoms. The molecule has 1 aliphatic rings. The molecule has 1 aliphatic carbocycles. The van der Waals surface area contributed by atoms with Crippen LogP contribution in [0, 0.1) is 5.92 Å². The molecule has 1 fully saturated rings. The van der Waals surface area contributed by atoms with Crippen LogP contribution in [0.5, 0.6) is 0 Å². The summed E-state index contributed by atoms with van der Waals surface area (Å²) in [6.07, 6.45) is 5.32. The van der Waals surface area contributed by atoms with Crippen molar-refractivity contribution >= 4 is 0 Å². The van der Waals surface area contributed by atoms with Crippen LogP contribution in [0.2, 0.25) is 0 Å². The van der Waals surface area contributed by atoms with E-state index in [9.17, 15) is 0 Å². The number of hydrogen-bond donors (Lipinski definition) is 1. The highest BCUT2D eigenvalue weighted by atomic mass is 16.5. The molecule has 0 aromatic carbocycles. The normalized spacial score (nSPS) is 19.2. The van der Waals surface area contributed by atoms with Crippen LogP contribution in [-0.2, 0) is 4.74 Å². The summed E-state index contributed by atoms with van der Waals surface area (Å²) >= 11 is 0. The summed E-state index contributed by atoms with van der Waals surface area (Å²) in [4.78, 5) is 0. The lowest BCUT2D eigenvalue weighted by atomic mass is 10.1. The van der Waals surface area contributed by atoms with Crippen LogP contribution in [0.3, 0.4) is 0 Å². The molecule has 0 saturated heterocycles. The van der Waals surface area contributed by atoms with Gasteiger partial charge in [-0.3, -0.25) is 0 Å². The van der Waals surface area contributed by atoms with Crippen molar-refractivity contribution in [3.05, 3.63) is 0 Å². The quantitative estimate of drug-likeness (QED) is 0.656. The molecule has 0 bridgehead atoms. The minimum Gasteiger partial charge on any atom is -0.376 e. The van der Waals surface area contributed by atoms with Crippen LogP contribution in [0.1, 0.15) is 53.4 Å². The first-order valence-corrected chi connectivity index (χ1v) is 6.40. The Morgan fingerprint density at radius 2 is 2.00 bits per heavy atom. The Morgan fingerprint density at radius 1 is 1.33 bits per heavy atom. The van der Waals surface area contributed by atoms with Crippen molar-refractivity contribution < 1.29 is 4.74 Å². The van der Waals surface area contributed by atoms with Gasteiger partial charge in [-0.15, -0.1) is 0 Å². The fourth-order valence-corrected chi connectivity index (χ4v) is 1.95. The Morgan fingerprint density at radius 3 is 2.47 bits per heavy atom. The van der Waals surface area contributed by atoms with E-state index in [2.05, 4.69) is 33.0 Å². The van der Waals surface area contributed by atoms with Gasteiger partial charge in [-0.1, -0.05) is 6.92 Å². The lowest BCUT2D eigenvalue weighted by Gasteiger charge is -2.21. The molecule has 0 aliphatic heterocycles. The van der Waals surface area contributed by atoms with Gasteiger partial charge >= 0.3 is 0 Å². The minimum atomic E-state index is 0.0211. The maximum atomic E-state index is 5.73. The van der Waals surface area contributed by atoms with Crippen LogP contribution >= 0.6 is 0 Å². The lowest BCUT2D eigenvalue weighted by Crippen LogP contribution is -2.31. The summed E-state index contributed by atoms with van der Waals surface area (Å²) in [5.74, 6) is 0.958. The third kappa shape index (κ3) is 6.16. The molecular weight excluding hydrogens is 186 g/mol. The van der Waals surface area contributed by atoms with E-state index in [-0.39, 0.29) is 5.60 Å². The monoisotopic (exact) mass is 213 g/mol. The Balaban J connectivity index is 2.06. The van der Waals surface area contributed by atoms with Crippen molar-refractivity contribution in [3.63, 3.8) is 0 Å². The van der Waals surface area contributed by atoms with Crippen molar-refractivity contribution in [1.82, 2.24) is 5.32 Å². The maximum Gasteiger partial charge on any atom is 0.0598 e. The van der Waals surface area contributed by atoms with Gasteiger partial charge in [0.1, 0.15) is 0 Å². The van der Waals surface area contributed by atoms with Crippen molar-refractivity contribution in [2.75, 3.05) is 13.2 Å². The van der Waals surface area contributed by atoms with E-state index in [0.29, 0.717) is 0 Å². The average molecular weight is 213 g/mol. The number of hydrogen-bond acceptors (Lipinski definition) is 2. The van der Waals surface area contributed by atoms with E-state index in [1.807, 2.05) is 0 Å². The second kappa shape index (κ2) is 5.86. The molecule has 0 spiro atoms. The van der Waals surface area contributed by atoms with E-state index in [1.165, 1.54) is 25.7 Å². The summed E-state index contributed by atoms with van der Waals surface area (Å²) in [5.41, 5.74) is 0.0211. The molecule has 0 aromatic rings. The van der Waals surface area contributed by atoms with Gasteiger partial charge in [0, 0.05) is 12.6 Å². The summed E-state index contributed by atoms with van der Waals surface area (Å²) in [6, 6.07) is 0.749. The highest BCUT2D eigenvalue weighted by molar-refractivity contribution is 4.85. The molecule has 1 unspecified atom stereocenters. The van der Waals surface area contributed by atoms with Crippen molar-refractivity contribution in [1.29, 1.82) is 0 Å². The number of rotatable bonds is 7. The Kier molecular flexibility index (Phi) is 5.07. The van der Waals surface area contributed by atoms with Crippen molar-refractivity contribution in [2.24, 2.45) is 5.92 Å². The van der Waals surface area contributed by atoms with E-state index < -0.39 is 0 Å². The molecule has 2 heteroatoms. The van der Waals surface area contributed by atoms with Crippen LogP contribution in [-0.4, -0.2) is 24.8 Å². The second-order valence-corrected chi connectivity index (χ2v) is 5.60. The molecule has 1 rings (SSSR count). The molecule has 90 valence electrons. The van der Waals surface area contributed by atoms with Crippen LogP contribution < -0.4 is 5.32 Å². The van der Waals surface area contributed by atoms with Crippen LogP contribution in [0.15, 0.2) is 0 Å². The topological polar surface area (TPSA) is 21.3 Å².